The molecule has 228 valence electrons. The summed E-state index contributed by atoms with van der Waals surface area (Å²) in [6.07, 6.45) is 2.46. The number of fused-ring (bicyclic) bond motifs is 7. The van der Waals surface area contributed by atoms with Crippen molar-refractivity contribution >= 4 is 58.1 Å². The van der Waals surface area contributed by atoms with Crippen LogP contribution >= 0.6 is 11.6 Å². The van der Waals surface area contributed by atoms with Crippen LogP contribution in [0.5, 0.6) is 0 Å². The normalized spacial score (nSPS) is 13.5. The Morgan fingerprint density at radius 1 is 0.841 bits per heavy atom. The van der Waals surface area contributed by atoms with Crippen molar-refractivity contribution in [2.45, 2.75) is 44.7 Å². The highest BCUT2D eigenvalue weighted by atomic mass is 35.5. The Kier molecular flexibility index (Phi) is 9.19. The zero-order chi connectivity index (χ0) is 31.3. The van der Waals surface area contributed by atoms with Gasteiger partial charge in [-0.3, -0.25) is 0 Å². The van der Waals surface area contributed by atoms with E-state index in [4.69, 9.17) is 21.5 Å². The van der Waals surface area contributed by atoms with E-state index in [-0.39, 0.29) is 6.03 Å². The first-order valence-electron chi connectivity index (χ1n) is 13.8. The molecular formula is C31H28ClF3N6O3. The third kappa shape index (κ3) is 7.75. The molecule has 2 aliphatic rings. The Balaban J connectivity index is 0.000000493. The Morgan fingerprint density at radius 3 is 2.36 bits per heavy atom. The molecule has 44 heavy (non-hydrogen) atoms. The number of carboxylic acid groups (broad SMARTS) is 1. The van der Waals surface area contributed by atoms with Gasteiger partial charge in [0.2, 0.25) is 5.95 Å². The smallest absolute Gasteiger partial charge is 0.475 e. The van der Waals surface area contributed by atoms with Crippen molar-refractivity contribution < 1.29 is 27.9 Å². The number of carbonyl (C=O) groups is 2. The largest absolute Gasteiger partial charge is 0.490 e. The fourth-order valence-corrected chi connectivity index (χ4v) is 5.18. The van der Waals surface area contributed by atoms with Gasteiger partial charge < -0.3 is 26.4 Å². The van der Waals surface area contributed by atoms with Crippen molar-refractivity contribution in [1.82, 2.24) is 9.97 Å². The standard InChI is InChI=1S/C29H27ClN6O.C2HF3O2/c30-24-17-31-28-33-21-8-3-5-18(15-21)11-12-20-16-22(32-27(24)36-28)13-14-25(20)34-29(37)35-26-10-4-7-19-6-1-2-9-23(19)26;3-2(4,5)1(6)7/h3-5,7-8,10,13-17H,1-2,6,9,11-12H2,(H2,34,35,37)(H2,31,32,33,36);(H,6,7). The number of nitrogens with one attached hydrogen (secondary N) is 4. The molecule has 0 spiro atoms. The SMILES string of the molecule is O=C(Nc1ccc2cc1CCc1cccc(c1)Nc1ncc(Cl)c(n1)N2)Nc1cccc2c1CCCC2.O=C(O)C(F)(F)F. The summed E-state index contributed by atoms with van der Waals surface area (Å²) in [4.78, 5) is 30.8. The maximum Gasteiger partial charge on any atom is 0.490 e. The fraction of sp³-hybridized carbons (Fsp3) is 0.226. The molecule has 1 aromatic heterocycles. The molecule has 2 heterocycles. The van der Waals surface area contributed by atoms with Crippen molar-refractivity contribution in [3.05, 3.63) is 94.1 Å². The van der Waals surface area contributed by atoms with E-state index in [1.165, 1.54) is 23.1 Å². The van der Waals surface area contributed by atoms with Gasteiger partial charge in [-0.25, -0.2) is 14.6 Å². The topological polar surface area (TPSA) is 128 Å². The summed E-state index contributed by atoms with van der Waals surface area (Å²) in [5, 5.41) is 20.3. The number of urea groups is 1. The van der Waals surface area contributed by atoms with Gasteiger partial charge in [0.15, 0.2) is 5.82 Å². The molecule has 13 heteroatoms. The predicted molar refractivity (Wildman–Crippen MR) is 163 cm³/mol. The molecule has 9 nitrogen and oxygen atoms in total. The Labute approximate surface area is 255 Å². The molecule has 0 radical (unpaired) electrons. The second-order valence-corrected chi connectivity index (χ2v) is 10.7. The lowest BCUT2D eigenvalue weighted by molar-refractivity contribution is -0.192. The van der Waals surface area contributed by atoms with Gasteiger partial charge in [0, 0.05) is 22.7 Å². The number of nitrogens with zero attached hydrogens (tertiary/aromatic N) is 2. The van der Waals surface area contributed by atoms with E-state index < -0.39 is 12.1 Å². The first-order valence-corrected chi connectivity index (χ1v) is 14.2. The van der Waals surface area contributed by atoms with Crippen LogP contribution in [0.25, 0.3) is 0 Å². The molecule has 4 aromatic rings. The Morgan fingerprint density at radius 2 is 1.57 bits per heavy atom. The molecule has 0 saturated carbocycles. The summed E-state index contributed by atoms with van der Waals surface area (Å²) in [7, 11) is 0. The van der Waals surface area contributed by atoms with Gasteiger partial charge in [-0.05, 0) is 97.2 Å². The second kappa shape index (κ2) is 13.2. The third-order valence-electron chi connectivity index (χ3n) is 7.11. The minimum absolute atomic E-state index is 0.242. The highest BCUT2D eigenvalue weighted by Crippen LogP contribution is 2.31. The second-order valence-electron chi connectivity index (χ2n) is 10.2. The van der Waals surface area contributed by atoms with Crippen molar-refractivity contribution in [2.75, 3.05) is 21.3 Å². The van der Waals surface area contributed by atoms with Gasteiger partial charge in [-0.2, -0.15) is 18.2 Å². The van der Waals surface area contributed by atoms with E-state index in [0.29, 0.717) is 16.8 Å². The number of benzene rings is 3. The molecule has 5 N–H and O–H groups in total. The van der Waals surface area contributed by atoms with Crippen LogP contribution in [0.3, 0.4) is 0 Å². The van der Waals surface area contributed by atoms with E-state index in [2.05, 4.69) is 49.4 Å². The lowest BCUT2D eigenvalue weighted by atomic mass is 9.90. The van der Waals surface area contributed by atoms with Crippen LogP contribution in [0.15, 0.2) is 66.9 Å². The summed E-state index contributed by atoms with van der Waals surface area (Å²) < 4.78 is 31.7. The minimum Gasteiger partial charge on any atom is -0.475 e. The van der Waals surface area contributed by atoms with Crippen molar-refractivity contribution in [1.29, 1.82) is 0 Å². The predicted octanol–water partition coefficient (Wildman–Crippen LogP) is 7.87. The quantitative estimate of drug-likeness (QED) is 0.153. The number of aromatic nitrogens is 2. The average molecular weight is 625 g/mol. The maximum absolute atomic E-state index is 13.1. The number of hydrogen-bond acceptors (Lipinski definition) is 6. The number of alkyl halides is 3. The Bertz CT molecular complexity index is 1700. The number of aryl methyl sites for hydroxylation is 3. The molecule has 0 fully saturated rings. The van der Waals surface area contributed by atoms with Crippen LogP contribution in [-0.4, -0.2) is 33.3 Å². The monoisotopic (exact) mass is 624 g/mol. The van der Waals surface area contributed by atoms with Crippen molar-refractivity contribution in [2.24, 2.45) is 0 Å². The summed E-state index contributed by atoms with van der Waals surface area (Å²) in [6.45, 7) is 0. The number of anilines is 6. The number of aliphatic carboxylic acids is 1. The summed E-state index contributed by atoms with van der Waals surface area (Å²) in [5.41, 5.74) is 8.17. The van der Waals surface area contributed by atoms with Gasteiger partial charge in [0.1, 0.15) is 5.02 Å². The van der Waals surface area contributed by atoms with Gasteiger partial charge in [0.05, 0.1) is 6.20 Å². The number of hydrogen-bond donors (Lipinski definition) is 5. The van der Waals surface area contributed by atoms with Gasteiger partial charge in [-0.15, -0.1) is 0 Å². The zero-order valence-corrected chi connectivity index (χ0v) is 24.0. The fourth-order valence-electron chi connectivity index (χ4n) is 5.04. The Hall–Kier alpha value is -4.84. The highest BCUT2D eigenvalue weighted by molar-refractivity contribution is 6.32. The minimum atomic E-state index is -5.08. The highest BCUT2D eigenvalue weighted by Gasteiger charge is 2.38. The van der Waals surface area contributed by atoms with Crippen molar-refractivity contribution in [3.63, 3.8) is 0 Å². The van der Waals surface area contributed by atoms with Crippen LogP contribution in [0.2, 0.25) is 5.02 Å². The zero-order valence-electron chi connectivity index (χ0n) is 23.3. The lowest BCUT2D eigenvalue weighted by Crippen LogP contribution is -2.22. The first kappa shape index (κ1) is 30.6. The average Bonchev–Trinajstić information content (AvgIpc) is 2.99. The van der Waals surface area contributed by atoms with Crippen LogP contribution in [0, 0.1) is 0 Å². The van der Waals surface area contributed by atoms with Gasteiger partial charge >= 0.3 is 18.2 Å². The van der Waals surface area contributed by atoms with E-state index in [9.17, 15) is 18.0 Å². The molecular weight excluding hydrogens is 597 g/mol. The molecule has 0 atom stereocenters. The van der Waals surface area contributed by atoms with Gasteiger partial charge in [0.25, 0.3) is 0 Å². The molecule has 6 rings (SSSR count). The van der Waals surface area contributed by atoms with Crippen molar-refractivity contribution in [3.8, 4) is 0 Å². The van der Waals surface area contributed by atoms with E-state index in [0.717, 1.165) is 60.4 Å². The number of halogens is 4. The van der Waals surface area contributed by atoms with E-state index in [1.54, 1.807) is 6.20 Å². The van der Waals surface area contributed by atoms with E-state index in [1.807, 2.05) is 42.5 Å². The molecule has 2 amide bonds. The molecule has 1 aliphatic carbocycles. The number of amides is 2. The van der Waals surface area contributed by atoms with Crippen LogP contribution in [0.4, 0.5) is 52.5 Å². The first-order chi connectivity index (χ1) is 21.0. The molecule has 3 aromatic carbocycles. The van der Waals surface area contributed by atoms with E-state index >= 15 is 0 Å². The molecule has 0 unspecified atom stereocenters. The van der Waals surface area contributed by atoms with Crippen LogP contribution < -0.4 is 21.3 Å². The summed E-state index contributed by atoms with van der Waals surface area (Å²) in [6, 6.07) is 20.0. The number of carbonyl (C=O) groups excluding carboxylic acids is 1. The summed E-state index contributed by atoms with van der Waals surface area (Å²) in [5.74, 6) is -1.79. The van der Waals surface area contributed by atoms with Gasteiger partial charge in [-0.1, -0.05) is 35.9 Å². The van der Waals surface area contributed by atoms with Crippen LogP contribution in [0.1, 0.15) is 35.1 Å². The van der Waals surface area contributed by atoms with Crippen LogP contribution in [-0.2, 0) is 30.5 Å². The number of rotatable bonds is 2. The number of carboxylic acids is 1. The molecule has 1 aliphatic heterocycles. The molecule has 0 saturated heterocycles. The molecule has 6 bridgehead atoms. The lowest BCUT2D eigenvalue weighted by Gasteiger charge is -2.20. The summed E-state index contributed by atoms with van der Waals surface area (Å²) >= 11 is 6.38. The third-order valence-corrected chi connectivity index (χ3v) is 7.39. The maximum atomic E-state index is 13.1.